The zero-order valence-corrected chi connectivity index (χ0v) is 16.8. The molecule has 4 atom stereocenters. The SMILES string of the molecule is CC1(C)S[C@@H]2[C@@H](O)C(=O)N2[C@@]1(NC(=O)CCC(N)C(=O)O)C(=O)[O-].[Na+]. The summed E-state index contributed by atoms with van der Waals surface area (Å²) >= 11 is 1.04. The zero-order chi connectivity index (χ0) is 18.4. The predicted octanol–water partition coefficient (Wildman–Crippen LogP) is -6.20. The van der Waals surface area contributed by atoms with E-state index in [1.807, 2.05) is 0 Å². The van der Waals surface area contributed by atoms with Crippen LogP contribution in [0.25, 0.3) is 0 Å². The number of hydrogen-bond donors (Lipinski definition) is 4. The van der Waals surface area contributed by atoms with E-state index < -0.39 is 51.7 Å². The fourth-order valence-electron chi connectivity index (χ4n) is 2.88. The molecular weight excluding hydrogens is 365 g/mol. The summed E-state index contributed by atoms with van der Waals surface area (Å²) in [5.41, 5.74) is 3.17. The number of carbonyl (C=O) groups is 4. The standard InChI is InChI=1S/C13H19N3O7S.Na/c1-12(2)13(11(22)23,16-8(19)7(18)9(16)24-12)15-6(17)4-3-5(14)10(20)21;/h5,7,9,18H,3-4,14H2,1-2H3,(H,15,17)(H,20,21)(H,22,23);/q;+1/p-1/t5?,7-,9+,13-;/m0./s1. The van der Waals surface area contributed by atoms with E-state index >= 15 is 0 Å². The molecule has 0 radical (unpaired) electrons. The minimum absolute atomic E-state index is 0. The molecule has 25 heavy (non-hydrogen) atoms. The van der Waals surface area contributed by atoms with Crippen LogP contribution < -0.4 is 45.7 Å². The van der Waals surface area contributed by atoms with Gasteiger partial charge < -0.3 is 31.2 Å². The molecule has 2 aliphatic rings. The molecule has 12 heteroatoms. The number of thioether (sulfide) groups is 1. The molecule has 2 aliphatic heterocycles. The minimum atomic E-state index is -2.14. The van der Waals surface area contributed by atoms with E-state index in [4.69, 9.17) is 10.8 Å². The van der Waals surface area contributed by atoms with Crippen molar-refractivity contribution < 1.29 is 64.1 Å². The van der Waals surface area contributed by atoms with Crippen LogP contribution >= 0.6 is 11.8 Å². The van der Waals surface area contributed by atoms with Crippen LogP contribution in [0.5, 0.6) is 0 Å². The Bertz CT molecular complexity index is 616. The molecule has 2 fully saturated rings. The first-order chi connectivity index (χ1) is 11.0. The summed E-state index contributed by atoms with van der Waals surface area (Å²) in [5, 5.41) is 31.7. The van der Waals surface area contributed by atoms with Crippen LogP contribution in [0.4, 0.5) is 0 Å². The van der Waals surface area contributed by atoms with Gasteiger partial charge in [-0.05, 0) is 20.3 Å². The molecule has 0 saturated carbocycles. The van der Waals surface area contributed by atoms with Gasteiger partial charge in [-0.3, -0.25) is 19.3 Å². The monoisotopic (exact) mass is 383 g/mol. The second kappa shape index (κ2) is 7.41. The van der Waals surface area contributed by atoms with Gasteiger partial charge in [0.2, 0.25) is 5.91 Å². The van der Waals surface area contributed by atoms with Crippen molar-refractivity contribution in [3.05, 3.63) is 0 Å². The Morgan fingerprint density at radius 2 is 2.00 bits per heavy atom. The normalized spacial score (nSPS) is 30.6. The Labute approximate surface area is 169 Å². The van der Waals surface area contributed by atoms with Gasteiger partial charge in [-0.1, -0.05) is 0 Å². The van der Waals surface area contributed by atoms with Gasteiger partial charge in [-0.25, -0.2) is 0 Å². The smallest absolute Gasteiger partial charge is 0.545 e. The molecule has 10 nitrogen and oxygen atoms in total. The molecule has 0 aromatic carbocycles. The predicted molar refractivity (Wildman–Crippen MR) is 79.0 cm³/mol. The van der Waals surface area contributed by atoms with Gasteiger partial charge in [0.05, 0.1) is 10.7 Å². The molecule has 0 aromatic rings. The van der Waals surface area contributed by atoms with Crippen molar-refractivity contribution >= 4 is 35.5 Å². The van der Waals surface area contributed by atoms with E-state index in [0.29, 0.717) is 0 Å². The number of aliphatic hydroxyl groups is 1. The second-order valence-electron chi connectivity index (χ2n) is 6.20. The fourth-order valence-corrected chi connectivity index (χ4v) is 4.50. The molecule has 134 valence electrons. The van der Waals surface area contributed by atoms with Crippen molar-refractivity contribution in [1.29, 1.82) is 0 Å². The molecule has 0 aromatic heterocycles. The summed E-state index contributed by atoms with van der Waals surface area (Å²) in [6.45, 7) is 3.02. The largest absolute Gasteiger partial charge is 1.00 e. The van der Waals surface area contributed by atoms with E-state index in [0.717, 1.165) is 16.7 Å². The molecular formula is C13H18N3NaO7S. The first kappa shape index (κ1) is 22.2. The molecule has 0 bridgehead atoms. The number of fused-ring (bicyclic) bond motifs is 1. The Morgan fingerprint density at radius 3 is 2.48 bits per heavy atom. The van der Waals surface area contributed by atoms with Crippen molar-refractivity contribution in [2.45, 2.75) is 54.6 Å². The molecule has 2 heterocycles. The summed E-state index contributed by atoms with van der Waals surface area (Å²) in [7, 11) is 0. The third-order valence-electron chi connectivity index (χ3n) is 4.28. The van der Waals surface area contributed by atoms with Crippen LogP contribution in [0.15, 0.2) is 0 Å². The first-order valence-corrected chi connectivity index (χ1v) is 8.03. The van der Waals surface area contributed by atoms with E-state index in [1.54, 1.807) is 0 Å². The van der Waals surface area contributed by atoms with E-state index in [9.17, 15) is 29.4 Å². The van der Waals surface area contributed by atoms with Crippen molar-refractivity contribution in [2.24, 2.45) is 5.73 Å². The summed E-state index contributed by atoms with van der Waals surface area (Å²) in [5.74, 6) is -4.56. The molecule has 1 unspecified atom stereocenters. The van der Waals surface area contributed by atoms with Gasteiger partial charge in [0.15, 0.2) is 11.8 Å². The van der Waals surface area contributed by atoms with Crippen LogP contribution in [0.1, 0.15) is 26.7 Å². The minimum Gasteiger partial charge on any atom is -0.545 e. The van der Waals surface area contributed by atoms with Crippen LogP contribution in [-0.4, -0.2) is 66.8 Å². The third-order valence-corrected chi connectivity index (χ3v) is 5.87. The number of carbonyl (C=O) groups excluding carboxylic acids is 3. The average Bonchev–Trinajstić information content (AvgIpc) is 2.70. The zero-order valence-electron chi connectivity index (χ0n) is 14.0. The van der Waals surface area contributed by atoms with Gasteiger partial charge in [-0.15, -0.1) is 11.8 Å². The van der Waals surface area contributed by atoms with Gasteiger partial charge in [0.25, 0.3) is 5.91 Å². The summed E-state index contributed by atoms with van der Waals surface area (Å²) in [4.78, 5) is 47.4. The number of nitrogens with zero attached hydrogens (tertiary/aromatic N) is 1. The van der Waals surface area contributed by atoms with Gasteiger partial charge in [-0.2, -0.15) is 0 Å². The Hall–Kier alpha value is -0.850. The van der Waals surface area contributed by atoms with Crippen LogP contribution in [-0.2, 0) is 19.2 Å². The maximum Gasteiger partial charge on any atom is 1.00 e. The number of β-lactam (4-membered cyclic amide) rings is 1. The molecule has 2 saturated heterocycles. The molecule has 0 spiro atoms. The number of aliphatic hydroxyl groups excluding tert-OH is 1. The van der Waals surface area contributed by atoms with E-state index in [-0.39, 0.29) is 42.4 Å². The summed E-state index contributed by atoms with van der Waals surface area (Å²) in [6, 6.07) is -1.26. The Balaban J connectivity index is 0.00000312. The topological polar surface area (TPSA) is 173 Å². The summed E-state index contributed by atoms with van der Waals surface area (Å²) < 4.78 is -1.17. The van der Waals surface area contributed by atoms with Gasteiger partial charge in [0.1, 0.15) is 11.4 Å². The summed E-state index contributed by atoms with van der Waals surface area (Å²) in [6.07, 6.45) is -1.87. The van der Waals surface area contributed by atoms with Crippen LogP contribution in [0, 0.1) is 0 Å². The van der Waals surface area contributed by atoms with Crippen molar-refractivity contribution in [3.8, 4) is 0 Å². The van der Waals surface area contributed by atoms with Crippen LogP contribution in [0.3, 0.4) is 0 Å². The first-order valence-electron chi connectivity index (χ1n) is 7.15. The molecule has 5 N–H and O–H groups in total. The number of aliphatic carboxylic acids is 2. The van der Waals surface area contributed by atoms with E-state index in [2.05, 4.69) is 5.32 Å². The fraction of sp³-hybridized carbons (Fsp3) is 0.692. The average molecular weight is 383 g/mol. The molecule has 2 rings (SSSR count). The quantitative estimate of drug-likeness (QED) is 0.257. The number of hydrogen-bond acceptors (Lipinski definition) is 8. The number of carboxylic acid groups (broad SMARTS) is 2. The van der Waals surface area contributed by atoms with Crippen molar-refractivity contribution in [1.82, 2.24) is 10.2 Å². The number of nitrogens with two attached hydrogens (primary N) is 1. The van der Waals surface area contributed by atoms with E-state index in [1.165, 1.54) is 13.8 Å². The number of amides is 2. The second-order valence-corrected chi connectivity index (χ2v) is 7.94. The van der Waals surface area contributed by atoms with Gasteiger partial charge in [0, 0.05) is 6.42 Å². The molecule has 0 aliphatic carbocycles. The Morgan fingerprint density at radius 1 is 1.44 bits per heavy atom. The van der Waals surface area contributed by atoms with Crippen molar-refractivity contribution in [2.75, 3.05) is 0 Å². The number of carboxylic acids is 2. The third kappa shape index (κ3) is 3.40. The van der Waals surface area contributed by atoms with Gasteiger partial charge >= 0.3 is 35.5 Å². The van der Waals surface area contributed by atoms with Crippen molar-refractivity contribution in [3.63, 3.8) is 0 Å². The van der Waals surface area contributed by atoms with Crippen LogP contribution in [0.2, 0.25) is 0 Å². The number of nitrogens with one attached hydrogen (secondary N) is 1. The maximum absolute atomic E-state index is 12.1. The molecule has 2 amide bonds. The number of rotatable bonds is 6. The maximum atomic E-state index is 12.1. The Kier molecular flexibility index (Phi) is 6.58.